The van der Waals surface area contributed by atoms with Crippen molar-refractivity contribution in [2.24, 2.45) is 5.73 Å². The predicted molar refractivity (Wildman–Crippen MR) is 107 cm³/mol. The molecule has 1 aromatic carbocycles. The number of pyridine rings is 1. The second-order valence-corrected chi connectivity index (χ2v) is 8.75. The van der Waals surface area contributed by atoms with Gasteiger partial charge < -0.3 is 5.73 Å². The molecule has 1 saturated carbocycles. The van der Waals surface area contributed by atoms with Gasteiger partial charge in [-0.05, 0) is 73.9 Å². The molecule has 1 fully saturated rings. The fraction of sp³-hybridized carbons (Fsp3) is 0.409. The number of nitrogens with one attached hydrogen (secondary N) is 1. The molecule has 2 aromatic heterocycles. The molecule has 0 atom stereocenters. The van der Waals surface area contributed by atoms with Gasteiger partial charge in [-0.2, -0.15) is 23.5 Å². The normalized spacial score (nSPS) is 15.9. The zero-order chi connectivity index (χ0) is 21.7. The van der Waals surface area contributed by atoms with Crippen LogP contribution >= 0.6 is 0 Å². The van der Waals surface area contributed by atoms with Crippen LogP contribution in [0.15, 0.2) is 30.5 Å². The van der Waals surface area contributed by atoms with Gasteiger partial charge in [-0.25, -0.2) is 4.98 Å². The highest BCUT2D eigenvalue weighted by atomic mass is 19.4. The molecule has 4 rings (SSSR count). The zero-order valence-corrected chi connectivity index (χ0v) is 16.8. The standard InChI is InChI=1S/C22H22F3N5/c1-20(2,27)5-3-13-9-14(11-15(10-13)21(12-26)6-7-21)16-4-8-28-19-17(16)18(29-30-19)22(23,24)25/h4,8-11H,3,5-7,27H2,1-2H3,(H,28,29,30). The number of hydrogen-bond donors (Lipinski definition) is 2. The topological polar surface area (TPSA) is 91.4 Å². The minimum atomic E-state index is -4.61. The van der Waals surface area contributed by atoms with E-state index in [0.717, 1.165) is 24.0 Å². The Kier molecular flexibility index (Phi) is 4.62. The van der Waals surface area contributed by atoms with Crippen LogP contribution in [0.25, 0.3) is 22.2 Å². The minimum absolute atomic E-state index is 0.0611. The van der Waals surface area contributed by atoms with Crippen LogP contribution in [0.1, 0.15) is 49.9 Å². The molecule has 0 radical (unpaired) electrons. The highest BCUT2D eigenvalue weighted by Crippen LogP contribution is 2.49. The van der Waals surface area contributed by atoms with Gasteiger partial charge in [0.15, 0.2) is 11.3 Å². The Balaban J connectivity index is 1.90. The average molecular weight is 413 g/mol. The monoisotopic (exact) mass is 413 g/mol. The number of fused-ring (bicyclic) bond motifs is 1. The van der Waals surface area contributed by atoms with Crippen LogP contribution in [0, 0.1) is 11.3 Å². The molecule has 156 valence electrons. The second-order valence-electron chi connectivity index (χ2n) is 8.75. The first-order chi connectivity index (χ1) is 14.0. The number of alkyl halides is 3. The molecule has 30 heavy (non-hydrogen) atoms. The lowest BCUT2D eigenvalue weighted by Crippen LogP contribution is -2.32. The maximum absolute atomic E-state index is 13.5. The Morgan fingerprint density at radius 2 is 1.97 bits per heavy atom. The van der Waals surface area contributed by atoms with Crippen LogP contribution < -0.4 is 5.73 Å². The maximum Gasteiger partial charge on any atom is 0.435 e. The number of aromatic nitrogens is 3. The Hall–Kier alpha value is -2.92. The third-order valence-corrected chi connectivity index (χ3v) is 5.61. The summed E-state index contributed by atoms with van der Waals surface area (Å²) in [4.78, 5) is 4.01. The Bertz CT molecular complexity index is 1140. The van der Waals surface area contributed by atoms with Crippen molar-refractivity contribution in [3.63, 3.8) is 0 Å². The number of halogens is 3. The van der Waals surface area contributed by atoms with E-state index in [9.17, 15) is 18.4 Å². The quantitative estimate of drug-likeness (QED) is 0.624. The summed E-state index contributed by atoms with van der Waals surface area (Å²) < 4.78 is 40.6. The third-order valence-electron chi connectivity index (χ3n) is 5.61. The van der Waals surface area contributed by atoms with Gasteiger partial charge in [0.1, 0.15) is 0 Å². The minimum Gasteiger partial charge on any atom is -0.326 e. The number of rotatable bonds is 5. The van der Waals surface area contributed by atoms with Crippen molar-refractivity contribution in [3.8, 4) is 17.2 Å². The lowest BCUT2D eigenvalue weighted by Gasteiger charge is -2.19. The molecular weight excluding hydrogens is 391 g/mol. The van der Waals surface area contributed by atoms with Gasteiger partial charge >= 0.3 is 6.18 Å². The van der Waals surface area contributed by atoms with Gasteiger partial charge in [0, 0.05) is 11.7 Å². The summed E-state index contributed by atoms with van der Waals surface area (Å²) >= 11 is 0. The Labute approximate surface area is 172 Å². The van der Waals surface area contributed by atoms with Gasteiger partial charge in [-0.15, -0.1) is 0 Å². The van der Waals surface area contributed by atoms with Crippen LogP contribution in [-0.2, 0) is 18.0 Å². The molecule has 0 unspecified atom stereocenters. The number of nitrogens with two attached hydrogens (primary N) is 1. The maximum atomic E-state index is 13.5. The van der Waals surface area contributed by atoms with E-state index in [4.69, 9.17) is 5.73 Å². The molecule has 1 aliphatic carbocycles. The van der Waals surface area contributed by atoms with Crippen molar-refractivity contribution in [1.82, 2.24) is 15.2 Å². The summed E-state index contributed by atoms with van der Waals surface area (Å²) in [5.74, 6) is 0. The summed E-state index contributed by atoms with van der Waals surface area (Å²) in [6.45, 7) is 3.87. The number of aromatic amines is 1. The van der Waals surface area contributed by atoms with Crippen molar-refractivity contribution in [2.75, 3.05) is 0 Å². The van der Waals surface area contributed by atoms with E-state index in [-0.39, 0.29) is 16.6 Å². The Morgan fingerprint density at radius 1 is 1.23 bits per heavy atom. The first-order valence-corrected chi connectivity index (χ1v) is 9.78. The number of aryl methyl sites for hydroxylation is 1. The van der Waals surface area contributed by atoms with Crippen molar-refractivity contribution < 1.29 is 13.2 Å². The molecule has 0 spiro atoms. The van der Waals surface area contributed by atoms with Crippen molar-refractivity contribution in [1.29, 1.82) is 5.26 Å². The van der Waals surface area contributed by atoms with E-state index < -0.39 is 17.3 Å². The first kappa shape index (κ1) is 20.4. The largest absolute Gasteiger partial charge is 0.435 e. The lowest BCUT2D eigenvalue weighted by atomic mass is 9.88. The Morgan fingerprint density at radius 3 is 2.57 bits per heavy atom. The van der Waals surface area contributed by atoms with Crippen molar-refractivity contribution in [3.05, 3.63) is 47.3 Å². The van der Waals surface area contributed by atoms with Crippen molar-refractivity contribution in [2.45, 2.75) is 56.7 Å². The van der Waals surface area contributed by atoms with E-state index in [1.165, 1.54) is 6.20 Å². The summed E-state index contributed by atoms with van der Waals surface area (Å²) in [5, 5.41) is 15.5. The number of hydrogen-bond acceptors (Lipinski definition) is 4. The summed E-state index contributed by atoms with van der Waals surface area (Å²) in [6.07, 6.45) is -0.272. The number of benzene rings is 1. The summed E-state index contributed by atoms with van der Waals surface area (Å²) in [6, 6.07) is 9.64. The first-order valence-electron chi connectivity index (χ1n) is 9.78. The second kappa shape index (κ2) is 6.81. The molecule has 0 aliphatic heterocycles. The van der Waals surface area contributed by atoms with Gasteiger partial charge in [0.2, 0.25) is 0 Å². The molecule has 5 nitrogen and oxygen atoms in total. The lowest BCUT2D eigenvalue weighted by molar-refractivity contribution is -0.139. The van der Waals surface area contributed by atoms with E-state index in [1.54, 1.807) is 6.07 Å². The third kappa shape index (κ3) is 3.77. The van der Waals surface area contributed by atoms with Crippen LogP contribution in [0.2, 0.25) is 0 Å². The summed E-state index contributed by atoms with van der Waals surface area (Å²) in [7, 11) is 0. The molecule has 1 aliphatic rings. The van der Waals surface area contributed by atoms with Gasteiger partial charge in [0.25, 0.3) is 0 Å². The molecule has 3 aromatic rings. The van der Waals surface area contributed by atoms with Crippen LogP contribution in [0.5, 0.6) is 0 Å². The highest BCUT2D eigenvalue weighted by Gasteiger charge is 2.45. The van der Waals surface area contributed by atoms with Gasteiger partial charge in [0.05, 0.1) is 16.9 Å². The summed E-state index contributed by atoms with van der Waals surface area (Å²) in [5.41, 5.74) is 7.09. The highest BCUT2D eigenvalue weighted by molar-refractivity contribution is 5.95. The smallest absolute Gasteiger partial charge is 0.326 e. The van der Waals surface area contributed by atoms with Gasteiger partial charge in [-0.1, -0.05) is 12.1 Å². The van der Waals surface area contributed by atoms with E-state index in [0.29, 0.717) is 24.0 Å². The fourth-order valence-electron chi connectivity index (χ4n) is 3.72. The van der Waals surface area contributed by atoms with Gasteiger partial charge in [-0.3, -0.25) is 5.10 Å². The molecule has 8 heteroatoms. The van der Waals surface area contributed by atoms with Crippen LogP contribution in [-0.4, -0.2) is 20.7 Å². The van der Waals surface area contributed by atoms with Crippen LogP contribution in [0.4, 0.5) is 13.2 Å². The molecule has 2 heterocycles. The molecular formula is C22H22F3N5. The zero-order valence-electron chi connectivity index (χ0n) is 16.8. The molecule has 0 bridgehead atoms. The fourth-order valence-corrected chi connectivity index (χ4v) is 3.72. The SMILES string of the molecule is CC(C)(N)CCc1cc(-c2ccnc3[nH]nc(C(F)(F)F)c23)cc(C2(C#N)CC2)c1. The van der Waals surface area contributed by atoms with Crippen LogP contribution in [0.3, 0.4) is 0 Å². The molecule has 3 N–H and O–H groups in total. The predicted octanol–water partition coefficient (Wildman–Crippen LogP) is 4.87. The van der Waals surface area contributed by atoms with E-state index >= 15 is 0 Å². The molecule has 0 saturated heterocycles. The number of nitriles is 1. The average Bonchev–Trinajstić information content (AvgIpc) is 3.35. The van der Waals surface area contributed by atoms with E-state index in [1.807, 2.05) is 32.0 Å². The van der Waals surface area contributed by atoms with E-state index in [2.05, 4.69) is 21.3 Å². The molecule has 0 amide bonds. The van der Waals surface area contributed by atoms with Crippen molar-refractivity contribution >= 4 is 11.0 Å². The number of nitrogens with zero attached hydrogens (tertiary/aromatic N) is 3. The number of H-pyrrole nitrogens is 1.